The Hall–Kier alpha value is -1.68. The quantitative estimate of drug-likeness (QED) is 0.852. The third kappa shape index (κ3) is 1.96. The van der Waals surface area contributed by atoms with Gasteiger partial charge in [0.1, 0.15) is 5.82 Å². The van der Waals surface area contributed by atoms with E-state index in [9.17, 15) is 0 Å². The van der Waals surface area contributed by atoms with Crippen LogP contribution in [0.4, 0.5) is 0 Å². The number of nitrogens with one attached hydrogen (secondary N) is 1. The molecule has 2 heterocycles. The summed E-state index contributed by atoms with van der Waals surface area (Å²) in [6.07, 6.45) is 0. The molecule has 100 valence electrons. The predicted molar refractivity (Wildman–Crippen MR) is 76.1 cm³/mol. The summed E-state index contributed by atoms with van der Waals surface area (Å²) in [4.78, 5) is 0. The van der Waals surface area contributed by atoms with Crippen molar-refractivity contribution >= 4 is 0 Å². The molecule has 4 nitrogen and oxygen atoms in total. The molecule has 1 aromatic heterocycles. The van der Waals surface area contributed by atoms with Gasteiger partial charge in [0.2, 0.25) is 0 Å². The molecule has 2 aromatic rings. The zero-order valence-electron chi connectivity index (χ0n) is 12.0. The highest BCUT2D eigenvalue weighted by atomic mass is 15.3. The van der Waals surface area contributed by atoms with E-state index in [1.165, 1.54) is 22.3 Å². The zero-order valence-corrected chi connectivity index (χ0v) is 12.0. The van der Waals surface area contributed by atoms with E-state index in [0.29, 0.717) is 0 Å². The lowest BCUT2D eigenvalue weighted by Crippen LogP contribution is -2.32. The fourth-order valence-electron chi connectivity index (χ4n) is 3.06. The Morgan fingerprint density at radius 3 is 2.53 bits per heavy atom. The van der Waals surface area contributed by atoms with Crippen molar-refractivity contribution in [3.05, 3.63) is 34.6 Å². The number of benzene rings is 1. The van der Waals surface area contributed by atoms with Crippen LogP contribution in [0.5, 0.6) is 0 Å². The molecule has 0 radical (unpaired) electrons. The first kappa shape index (κ1) is 12.4. The maximum Gasteiger partial charge on any atom is 0.164 e. The number of hydrogen-bond donors (Lipinski definition) is 1. The molecule has 3 rings (SSSR count). The van der Waals surface area contributed by atoms with Gasteiger partial charge in [-0.25, -0.2) is 0 Å². The highest BCUT2D eigenvalue weighted by molar-refractivity contribution is 5.65. The fourth-order valence-corrected chi connectivity index (χ4v) is 3.06. The van der Waals surface area contributed by atoms with Crippen LogP contribution in [0, 0.1) is 20.8 Å². The SMILES string of the molecule is Cc1cc(C)c(-c2nnc3n2CCNC3C)c(C)c1. The third-order valence-corrected chi connectivity index (χ3v) is 3.85. The van der Waals surface area contributed by atoms with Gasteiger partial charge in [-0.05, 0) is 38.8 Å². The molecule has 1 aliphatic rings. The summed E-state index contributed by atoms with van der Waals surface area (Å²) in [6, 6.07) is 4.71. The van der Waals surface area contributed by atoms with Crippen molar-refractivity contribution in [2.45, 2.75) is 40.3 Å². The molecule has 0 aliphatic carbocycles. The second-order valence-electron chi connectivity index (χ2n) is 5.48. The van der Waals surface area contributed by atoms with Crippen LogP contribution in [0.15, 0.2) is 12.1 Å². The van der Waals surface area contributed by atoms with E-state index in [4.69, 9.17) is 0 Å². The molecule has 1 unspecified atom stereocenters. The summed E-state index contributed by atoms with van der Waals surface area (Å²) in [5.74, 6) is 2.05. The average molecular weight is 256 g/mol. The molecule has 1 aromatic carbocycles. The topological polar surface area (TPSA) is 42.7 Å². The number of aromatic nitrogens is 3. The predicted octanol–water partition coefficient (Wildman–Crippen LogP) is 2.53. The lowest BCUT2D eigenvalue weighted by Gasteiger charge is -2.22. The van der Waals surface area contributed by atoms with E-state index in [-0.39, 0.29) is 6.04 Å². The van der Waals surface area contributed by atoms with Gasteiger partial charge >= 0.3 is 0 Å². The van der Waals surface area contributed by atoms with Gasteiger partial charge in [-0.15, -0.1) is 10.2 Å². The minimum Gasteiger partial charge on any atom is -0.308 e. The maximum absolute atomic E-state index is 4.44. The largest absolute Gasteiger partial charge is 0.308 e. The number of aryl methyl sites for hydroxylation is 3. The first-order valence-corrected chi connectivity index (χ1v) is 6.82. The molecule has 0 spiro atoms. The molecule has 4 heteroatoms. The molecular formula is C15H20N4. The Bertz CT molecular complexity index is 604. The van der Waals surface area contributed by atoms with Crippen LogP contribution in [-0.2, 0) is 6.54 Å². The summed E-state index contributed by atoms with van der Waals surface area (Å²) in [7, 11) is 0. The van der Waals surface area contributed by atoms with Crippen molar-refractivity contribution in [2.75, 3.05) is 6.54 Å². The zero-order chi connectivity index (χ0) is 13.6. The molecule has 0 bridgehead atoms. The Kier molecular flexibility index (Phi) is 2.90. The molecule has 0 saturated heterocycles. The van der Waals surface area contributed by atoms with E-state index >= 15 is 0 Å². The van der Waals surface area contributed by atoms with Crippen LogP contribution < -0.4 is 5.32 Å². The lowest BCUT2D eigenvalue weighted by molar-refractivity contribution is 0.439. The van der Waals surface area contributed by atoms with Gasteiger partial charge < -0.3 is 9.88 Å². The molecule has 0 fully saturated rings. The lowest BCUT2D eigenvalue weighted by atomic mass is 9.99. The minimum absolute atomic E-state index is 0.279. The second kappa shape index (κ2) is 4.46. The second-order valence-corrected chi connectivity index (χ2v) is 5.48. The van der Waals surface area contributed by atoms with E-state index in [1.807, 2.05) is 0 Å². The van der Waals surface area contributed by atoms with Crippen LogP contribution >= 0.6 is 0 Å². The molecule has 0 saturated carbocycles. The number of rotatable bonds is 1. The van der Waals surface area contributed by atoms with Gasteiger partial charge in [-0.2, -0.15) is 0 Å². The van der Waals surface area contributed by atoms with Gasteiger partial charge in [-0.3, -0.25) is 0 Å². The van der Waals surface area contributed by atoms with Crippen molar-refractivity contribution in [2.24, 2.45) is 0 Å². The van der Waals surface area contributed by atoms with Gasteiger partial charge in [0.25, 0.3) is 0 Å². The Balaban J connectivity index is 2.19. The number of hydrogen-bond acceptors (Lipinski definition) is 3. The third-order valence-electron chi connectivity index (χ3n) is 3.85. The van der Waals surface area contributed by atoms with Crippen molar-refractivity contribution < 1.29 is 0 Å². The summed E-state index contributed by atoms with van der Waals surface area (Å²) in [5.41, 5.74) is 5.09. The molecule has 1 N–H and O–H groups in total. The standard InChI is InChI=1S/C15H20N4/c1-9-7-10(2)13(11(3)8-9)15-18-17-14-12(4)16-5-6-19(14)15/h7-8,12,16H,5-6H2,1-4H3. The van der Waals surface area contributed by atoms with Crippen LogP contribution in [0.3, 0.4) is 0 Å². The average Bonchev–Trinajstić information content (AvgIpc) is 2.73. The van der Waals surface area contributed by atoms with Crippen molar-refractivity contribution in [3.8, 4) is 11.4 Å². The smallest absolute Gasteiger partial charge is 0.164 e. The Morgan fingerprint density at radius 1 is 1.16 bits per heavy atom. The van der Waals surface area contributed by atoms with Crippen molar-refractivity contribution in [1.82, 2.24) is 20.1 Å². The highest BCUT2D eigenvalue weighted by Gasteiger charge is 2.23. The van der Waals surface area contributed by atoms with E-state index in [0.717, 1.165) is 24.7 Å². The van der Waals surface area contributed by atoms with Crippen molar-refractivity contribution in [3.63, 3.8) is 0 Å². The van der Waals surface area contributed by atoms with Crippen LogP contribution in [0.25, 0.3) is 11.4 Å². The van der Waals surface area contributed by atoms with Crippen LogP contribution in [0.1, 0.15) is 35.5 Å². The monoisotopic (exact) mass is 256 g/mol. The minimum atomic E-state index is 0.279. The molecule has 0 amide bonds. The van der Waals surface area contributed by atoms with Gasteiger partial charge in [0, 0.05) is 18.7 Å². The van der Waals surface area contributed by atoms with Gasteiger partial charge in [0.15, 0.2) is 5.82 Å². The first-order chi connectivity index (χ1) is 9.08. The van der Waals surface area contributed by atoms with Crippen molar-refractivity contribution in [1.29, 1.82) is 0 Å². The summed E-state index contributed by atoms with van der Waals surface area (Å²) >= 11 is 0. The summed E-state index contributed by atoms with van der Waals surface area (Å²) in [5, 5.41) is 12.2. The highest BCUT2D eigenvalue weighted by Crippen LogP contribution is 2.29. The van der Waals surface area contributed by atoms with Crippen LogP contribution in [0.2, 0.25) is 0 Å². The maximum atomic E-state index is 4.44. The molecule has 1 atom stereocenters. The van der Waals surface area contributed by atoms with Gasteiger partial charge in [0.05, 0.1) is 6.04 Å². The molecular weight excluding hydrogens is 236 g/mol. The van der Waals surface area contributed by atoms with E-state index in [2.05, 4.69) is 59.9 Å². The number of fused-ring (bicyclic) bond motifs is 1. The van der Waals surface area contributed by atoms with E-state index < -0.39 is 0 Å². The van der Waals surface area contributed by atoms with Crippen LogP contribution in [-0.4, -0.2) is 21.3 Å². The molecule has 19 heavy (non-hydrogen) atoms. The molecule has 1 aliphatic heterocycles. The Morgan fingerprint density at radius 2 is 1.84 bits per heavy atom. The normalized spacial score (nSPS) is 18.4. The number of nitrogens with zero attached hydrogens (tertiary/aromatic N) is 3. The summed E-state index contributed by atoms with van der Waals surface area (Å²) < 4.78 is 2.26. The van der Waals surface area contributed by atoms with Gasteiger partial charge in [-0.1, -0.05) is 17.7 Å². The Labute approximate surface area is 113 Å². The fraction of sp³-hybridized carbons (Fsp3) is 0.467. The first-order valence-electron chi connectivity index (χ1n) is 6.82. The van der Waals surface area contributed by atoms with E-state index in [1.54, 1.807) is 0 Å². The summed E-state index contributed by atoms with van der Waals surface area (Å²) in [6.45, 7) is 10.5.